The maximum absolute atomic E-state index is 8.44. The average molecular weight is 265 g/mol. The second-order valence-electron chi connectivity index (χ2n) is 3.82. The van der Waals surface area contributed by atoms with Crippen molar-refractivity contribution in [1.29, 1.82) is 5.26 Å². The Bertz CT molecular complexity index is 415. The van der Waals surface area contributed by atoms with Gasteiger partial charge in [0.25, 0.3) is 0 Å². The van der Waals surface area contributed by atoms with Crippen LogP contribution in [0.3, 0.4) is 0 Å². The number of nitriles is 1. The van der Waals surface area contributed by atoms with Gasteiger partial charge in [0.15, 0.2) is 11.5 Å². The van der Waals surface area contributed by atoms with Gasteiger partial charge in [-0.25, -0.2) is 0 Å². The van der Waals surface area contributed by atoms with Gasteiger partial charge in [-0.3, -0.25) is 0 Å². The summed E-state index contributed by atoms with van der Waals surface area (Å²) in [5, 5.41) is 8.44. The van der Waals surface area contributed by atoms with E-state index in [0.29, 0.717) is 36.0 Å². The molecule has 0 aromatic heterocycles. The van der Waals surface area contributed by atoms with Crippen LogP contribution in [0.2, 0.25) is 0 Å². The molecule has 0 aliphatic heterocycles. The molecule has 5 heteroatoms. The molecule has 0 amide bonds. The van der Waals surface area contributed by atoms with Crippen molar-refractivity contribution in [3.8, 4) is 29.1 Å². The highest BCUT2D eigenvalue weighted by molar-refractivity contribution is 5.55. The molecule has 0 unspecified atom stereocenters. The second kappa shape index (κ2) is 8.09. The Morgan fingerprint density at radius 1 is 1.00 bits per heavy atom. The highest BCUT2D eigenvalue weighted by Crippen LogP contribution is 2.40. The third kappa shape index (κ3) is 4.25. The molecule has 0 spiro atoms. The topological polar surface area (TPSA) is 60.7 Å². The maximum Gasteiger partial charge on any atom is 0.203 e. The number of nitrogens with zero attached hydrogens (tertiary/aromatic N) is 1. The molecule has 1 aromatic rings. The van der Waals surface area contributed by atoms with Gasteiger partial charge in [-0.2, -0.15) is 5.26 Å². The van der Waals surface area contributed by atoms with Crippen molar-refractivity contribution in [2.45, 2.75) is 19.3 Å². The van der Waals surface area contributed by atoms with Crippen LogP contribution in [-0.2, 0) is 0 Å². The van der Waals surface area contributed by atoms with Crippen molar-refractivity contribution in [3.05, 3.63) is 12.1 Å². The minimum atomic E-state index is 0.543. The van der Waals surface area contributed by atoms with Crippen LogP contribution >= 0.6 is 0 Å². The van der Waals surface area contributed by atoms with Crippen molar-refractivity contribution in [2.24, 2.45) is 0 Å². The van der Waals surface area contributed by atoms with Gasteiger partial charge < -0.3 is 18.9 Å². The zero-order valence-electron chi connectivity index (χ0n) is 11.6. The van der Waals surface area contributed by atoms with E-state index in [1.54, 1.807) is 33.5 Å². The van der Waals surface area contributed by atoms with Crippen LogP contribution in [-0.4, -0.2) is 27.9 Å². The van der Waals surface area contributed by atoms with Gasteiger partial charge in [0.2, 0.25) is 5.75 Å². The number of hydrogen-bond donors (Lipinski definition) is 0. The van der Waals surface area contributed by atoms with Crippen LogP contribution in [0.5, 0.6) is 23.0 Å². The number of unbranched alkanes of at least 4 members (excludes halogenated alkanes) is 2. The standard InChI is InChI=1S/C14H19NO4/c1-16-12-9-11(19-8-6-4-5-7-15)10-13(17-2)14(12)18-3/h9-10H,4-6,8H2,1-3H3. The van der Waals surface area contributed by atoms with E-state index >= 15 is 0 Å². The first-order valence-corrected chi connectivity index (χ1v) is 6.06. The van der Waals surface area contributed by atoms with Crippen LogP contribution in [0.1, 0.15) is 19.3 Å². The minimum Gasteiger partial charge on any atom is -0.493 e. The summed E-state index contributed by atoms with van der Waals surface area (Å²) in [7, 11) is 4.69. The van der Waals surface area contributed by atoms with Gasteiger partial charge >= 0.3 is 0 Å². The maximum atomic E-state index is 8.44. The van der Waals surface area contributed by atoms with Gasteiger partial charge in [-0.15, -0.1) is 0 Å². The Hall–Kier alpha value is -2.09. The first-order valence-electron chi connectivity index (χ1n) is 6.06. The number of hydrogen-bond acceptors (Lipinski definition) is 5. The molecule has 0 bridgehead atoms. The zero-order valence-corrected chi connectivity index (χ0v) is 11.6. The number of rotatable bonds is 8. The molecule has 1 aromatic carbocycles. The van der Waals surface area contributed by atoms with Crippen molar-refractivity contribution in [3.63, 3.8) is 0 Å². The van der Waals surface area contributed by atoms with Gasteiger partial charge in [-0.05, 0) is 12.8 Å². The van der Waals surface area contributed by atoms with E-state index in [4.69, 9.17) is 24.2 Å². The van der Waals surface area contributed by atoms with Crippen molar-refractivity contribution >= 4 is 0 Å². The average Bonchev–Trinajstić information content (AvgIpc) is 2.45. The molecule has 104 valence electrons. The second-order valence-corrected chi connectivity index (χ2v) is 3.82. The van der Waals surface area contributed by atoms with Gasteiger partial charge in [-0.1, -0.05) is 0 Å². The summed E-state index contributed by atoms with van der Waals surface area (Å²) in [5.41, 5.74) is 0. The molecule has 19 heavy (non-hydrogen) atoms. The lowest BCUT2D eigenvalue weighted by molar-refractivity contribution is 0.293. The Labute approximate surface area is 113 Å². The molecule has 0 N–H and O–H groups in total. The zero-order chi connectivity index (χ0) is 14.1. The highest BCUT2D eigenvalue weighted by atomic mass is 16.5. The van der Waals surface area contributed by atoms with E-state index < -0.39 is 0 Å². The lowest BCUT2D eigenvalue weighted by Crippen LogP contribution is -2.00. The predicted octanol–water partition coefficient (Wildman–Crippen LogP) is 2.79. The first-order chi connectivity index (χ1) is 9.26. The van der Waals surface area contributed by atoms with Gasteiger partial charge in [0.1, 0.15) is 5.75 Å². The fourth-order valence-electron chi connectivity index (χ4n) is 1.64. The van der Waals surface area contributed by atoms with Crippen LogP contribution in [0.25, 0.3) is 0 Å². The van der Waals surface area contributed by atoms with Crippen LogP contribution < -0.4 is 18.9 Å². The number of benzene rings is 1. The number of ether oxygens (including phenoxy) is 4. The van der Waals surface area contributed by atoms with E-state index in [0.717, 1.165) is 12.8 Å². The normalized spacial score (nSPS) is 9.58. The van der Waals surface area contributed by atoms with E-state index in [1.807, 2.05) is 0 Å². The summed E-state index contributed by atoms with van der Waals surface area (Å²) in [5.74, 6) is 2.33. The first kappa shape index (κ1) is 15.0. The third-order valence-corrected chi connectivity index (χ3v) is 2.59. The van der Waals surface area contributed by atoms with Crippen molar-refractivity contribution < 1.29 is 18.9 Å². The van der Waals surface area contributed by atoms with E-state index in [1.165, 1.54) is 0 Å². The van der Waals surface area contributed by atoms with E-state index in [9.17, 15) is 0 Å². The van der Waals surface area contributed by atoms with Crippen LogP contribution in [0.4, 0.5) is 0 Å². The number of methoxy groups -OCH3 is 3. The summed E-state index contributed by atoms with van der Waals surface area (Å²) in [6.07, 6.45) is 2.23. The van der Waals surface area contributed by atoms with Crippen LogP contribution in [0, 0.1) is 11.3 Å². The molecule has 0 radical (unpaired) electrons. The third-order valence-electron chi connectivity index (χ3n) is 2.59. The largest absolute Gasteiger partial charge is 0.493 e. The minimum absolute atomic E-state index is 0.543. The monoisotopic (exact) mass is 265 g/mol. The summed E-state index contributed by atoms with van der Waals surface area (Å²) in [4.78, 5) is 0. The summed E-state index contributed by atoms with van der Waals surface area (Å²) < 4.78 is 21.3. The lowest BCUT2D eigenvalue weighted by Gasteiger charge is -2.14. The van der Waals surface area contributed by atoms with Crippen molar-refractivity contribution in [1.82, 2.24) is 0 Å². The molecule has 0 saturated carbocycles. The van der Waals surface area contributed by atoms with E-state index in [2.05, 4.69) is 6.07 Å². The Kier molecular flexibility index (Phi) is 6.37. The Morgan fingerprint density at radius 2 is 1.63 bits per heavy atom. The smallest absolute Gasteiger partial charge is 0.203 e. The SMILES string of the molecule is COc1cc(OCCCCC#N)cc(OC)c1OC. The molecular formula is C14H19NO4. The quantitative estimate of drug-likeness (QED) is 0.676. The fraction of sp³-hybridized carbons (Fsp3) is 0.500. The lowest BCUT2D eigenvalue weighted by atomic mass is 10.2. The molecule has 0 heterocycles. The molecule has 1 rings (SSSR count). The van der Waals surface area contributed by atoms with Crippen LogP contribution in [0.15, 0.2) is 12.1 Å². The summed E-state index contributed by atoms with van der Waals surface area (Å²) in [6, 6.07) is 5.62. The molecule has 0 fully saturated rings. The molecule has 0 aliphatic rings. The Balaban J connectivity index is 2.71. The summed E-state index contributed by atoms with van der Waals surface area (Å²) in [6.45, 7) is 0.556. The van der Waals surface area contributed by atoms with Gasteiger partial charge in [0, 0.05) is 18.6 Å². The molecule has 0 atom stereocenters. The molecule has 0 saturated heterocycles. The predicted molar refractivity (Wildman–Crippen MR) is 71.1 cm³/mol. The molecule has 0 aliphatic carbocycles. The van der Waals surface area contributed by atoms with E-state index in [-0.39, 0.29) is 0 Å². The molecular weight excluding hydrogens is 246 g/mol. The summed E-state index contributed by atoms with van der Waals surface area (Å²) >= 11 is 0. The fourth-order valence-corrected chi connectivity index (χ4v) is 1.64. The molecule has 5 nitrogen and oxygen atoms in total. The Morgan fingerprint density at radius 3 is 2.11 bits per heavy atom. The van der Waals surface area contributed by atoms with Crippen molar-refractivity contribution in [2.75, 3.05) is 27.9 Å². The van der Waals surface area contributed by atoms with Gasteiger partial charge in [0.05, 0.1) is 34.0 Å². The highest BCUT2D eigenvalue weighted by Gasteiger charge is 2.13.